The van der Waals surface area contributed by atoms with Crippen molar-refractivity contribution in [3.05, 3.63) is 59.7 Å². The van der Waals surface area contributed by atoms with E-state index in [0.717, 1.165) is 21.9 Å². The van der Waals surface area contributed by atoms with E-state index in [-0.39, 0.29) is 11.2 Å². The van der Waals surface area contributed by atoms with Gasteiger partial charge in [0.15, 0.2) is 0 Å². The maximum absolute atomic E-state index is 12.2. The third-order valence-corrected chi connectivity index (χ3v) is 4.66. The highest BCUT2D eigenvalue weighted by Crippen LogP contribution is 2.23. The summed E-state index contributed by atoms with van der Waals surface area (Å²) in [5, 5.41) is 3.97. The smallest absolute Gasteiger partial charge is 0.253 e. The minimum absolute atomic E-state index is 0.117. The zero-order valence-electron chi connectivity index (χ0n) is 14.4. The van der Waals surface area contributed by atoms with Crippen LogP contribution in [0, 0.1) is 6.92 Å². The third kappa shape index (κ3) is 5.13. The molecule has 2 rings (SSSR count). The summed E-state index contributed by atoms with van der Waals surface area (Å²) in [6, 6.07) is 15.7. The molecule has 0 radical (unpaired) electrons. The summed E-state index contributed by atoms with van der Waals surface area (Å²) < 4.78 is 5.13. The van der Waals surface area contributed by atoms with E-state index >= 15 is 0 Å². The van der Waals surface area contributed by atoms with Crippen molar-refractivity contribution >= 4 is 23.4 Å². The summed E-state index contributed by atoms with van der Waals surface area (Å²) in [4.78, 5) is 13.3. The van der Waals surface area contributed by atoms with Crippen molar-refractivity contribution < 1.29 is 9.53 Å². The van der Waals surface area contributed by atoms with Gasteiger partial charge in [-0.3, -0.25) is 4.79 Å². The van der Waals surface area contributed by atoms with Gasteiger partial charge < -0.3 is 4.74 Å². The first kappa shape index (κ1) is 18.1. The van der Waals surface area contributed by atoms with Gasteiger partial charge in [0.25, 0.3) is 5.91 Å². The highest BCUT2D eigenvalue weighted by molar-refractivity contribution is 8.00. The molecule has 1 N–H and O–H groups in total. The quantitative estimate of drug-likeness (QED) is 0.490. The van der Waals surface area contributed by atoms with Crippen LogP contribution >= 0.6 is 11.8 Å². The van der Waals surface area contributed by atoms with Gasteiger partial charge in [0.05, 0.1) is 18.1 Å². The zero-order valence-corrected chi connectivity index (χ0v) is 15.2. The number of thioether (sulfide) groups is 1. The molecule has 1 amide bonds. The van der Waals surface area contributed by atoms with Gasteiger partial charge in [-0.25, -0.2) is 5.43 Å². The number of carbonyl (C=O) groups excluding carboxylic acids is 1. The van der Waals surface area contributed by atoms with E-state index in [4.69, 9.17) is 4.74 Å². The summed E-state index contributed by atoms with van der Waals surface area (Å²) in [5.41, 5.74) is 5.53. The molecule has 126 valence electrons. The van der Waals surface area contributed by atoms with E-state index in [1.54, 1.807) is 7.11 Å². The van der Waals surface area contributed by atoms with Crippen LogP contribution in [0.4, 0.5) is 0 Å². The van der Waals surface area contributed by atoms with E-state index in [0.29, 0.717) is 0 Å². The number of ether oxygens (including phenoxy) is 1. The Kier molecular flexibility index (Phi) is 6.44. The Balaban J connectivity index is 1.93. The molecule has 0 aliphatic carbocycles. The predicted molar refractivity (Wildman–Crippen MR) is 99.8 cm³/mol. The van der Waals surface area contributed by atoms with E-state index in [9.17, 15) is 4.79 Å². The average Bonchev–Trinajstić information content (AvgIpc) is 2.61. The van der Waals surface area contributed by atoms with Crippen LogP contribution in [0.15, 0.2) is 58.5 Å². The molecule has 0 saturated heterocycles. The van der Waals surface area contributed by atoms with Crippen LogP contribution in [0.1, 0.15) is 25.0 Å². The lowest BCUT2D eigenvalue weighted by Crippen LogP contribution is -2.27. The molecule has 0 saturated carbocycles. The highest BCUT2D eigenvalue weighted by atomic mass is 32.2. The van der Waals surface area contributed by atoms with Gasteiger partial charge >= 0.3 is 0 Å². The largest absolute Gasteiger partial charge is 0.497 e. The zero-order chi connectivity index (χ0) is 17.5. The fourth-order valence-electron chi connectivity index (χ4n) is 2.00. The molecule has 0 aliphatic heterocycles. The molecule has 2 aromatic carbocycles. The topological polar surface area (TPSA) is 50.7 Å². The fourth-order valence-corrected chi connectivity index (χ4v) is 2.86. The van der Waals surface area contributed by atoms with Gasteiger partial charge in [-0.1, -0.05) is 17.7 Å². The molecule has 2 aromatic rings. The number of rotatable bonds is 6. The van der Waals surface area contributed by atoms with Crippen molar-refractivity contribution in [3.63, 3.8) is 0 Å². The summed E-state index contributed by atoms with van der Waals surface area (Å²) in [5.74, 6) is 0.673. The van der Waals surface area contributed by atoms with Crippen LogP contribution < -0.4 is 10.2 Å². The standard InChI is InChI=1S/C19H22N2O2S/c1-13-5-11-18(12-6-13)24-15(3)19(22)21-20-14(2)16-7-9-17(23-4)10-8-16/h5-12,15H,1-4H3,(H,21,22)/b20-14-/t15-/m1/s1. The van der Waals surface area contributed by atoms with E-state index in [1.165, 1.54) is 17.3 Å². The average molecular weight is 342 g/mol. The van der Waals surface area contributed by atoms with Crippen LogP contribution in [0.3, 0.4) is 0 Å². The van der Waals surface area contributed by atoms with E-state index < -0.39 is 0 Å². The second-order valence-corrected chi connectivity index (χ2v) is 6.89. The number of hydrazone groups is 1. The molecular formula is C19H22N2O2S. The van der Waals surface area contributed by atoms with Gasteiger partial charge in [-0.15, -0.1) is 11.8 Å². The number of amides is 1. The number of nitrogens with one attached hydrogen (secondary N) is 1. The number of methoxy groups -OCH3 is 1. The maximum Gasteiger partial charge on any atom is 0.253 e. The number of hydrogen-bond acceptors (Lipinski definition) is 4. The Labute approximate surface area is 147 Å². The molecule has 0 spiro atoms. The second-order valence-electron chi connectivity index (χ2n) is 5.47. The highest BCUT2D eigenvalue weighted by Gasteiger charge is 2.14. The monoisotopic (exact) mass is 342 g/mol. The second kappa shape index (κ2) is 8.55. The first-order valence-electron chi connectivity index (χ1n) is 7.71. The lowest BCUT2D eigenvalue weighted by molar-refractivity contribution is -0.120. The van der Waals surface area contributed by atoms with Crippen LogP contribution in [-0.2, 0) is 4.79 Å². The molecule has 5 heteroatoms. The van der Waals surface area contributed by atoms with Crippen molar-refractivity contribution in [1.29, 1.82) is 0 Å². The van der Waals surface area contributed by atoms with Crippen LogP contribution in [0.5, 0.6) is 5.75 Å². The third-order valence-electron chi connectivity index (χ3n) is 3.54. The van der Waals surface area contributed by atoms with Gasteiger partial charge in [0, 0.05) is 4.90 Å². The fraction of sp³-hybridized carbons (Fsp3) is 0.263. The number of benzene rings is 2. The van der Waals surface area contributed by atoms with E-state index in [1.807, 2.05) is 69.3 Å². The van der Waals surface area contributed by atoms with Gasteiger partial charge in [0.1, 0.15) is 5.75 Å². The molecule has 0 fully saturated rings. The Morgan fingerprint density at radius 2 is 1.75 bits per heavy atom. The minimum Gasteiger partial charge on any atom is -0.497 e. The summed E-state index contributed by atoms with van der Waals surface area (Å²) in [6.07, 6.45) is 0. The molecule has 24 heavy (non-hydrogen) atoms. The first-order valence-corrected chi connectivity index (χ1v) is 8.59. The Morgan fingerprint density at radius 3 is 2.33 bits per heavy atom. The Hall–Kier alpha value is -2.27. The Bertz CT molecular complexity index is 709. The number of nitrogens with zero attached hydrogens (tertiary/aromatic N) is 1. The number of carbonyl (C=O) groups is 1. The molecule has 0 unspecified atom stereocenters. The first-order chi connectivity index (χ1) is 11.5. The van der Waals surface area contributed by atoms with Crippen LogP contribution in [0.2, 0.25) is 0 Å². The van der Waals surface area contributed by atoms with Crippen molar-refractivity contribution in [1.82, 2.24) is 5.43 Å². The Morgan fingerprint density at radius 1 is 1.12 bits per heavy atom. The SMILES string of the molecule is COc1ccc(/C(C)=N\NC(=O)[C@@H](C)Sc2ccc(C)cc2)cc1. The van der Waals surface area contributed by atoms with Crippen LogP contribution in [0.25, 0.3) is 0 Å². The minimum atomic E-state index is -0.222. The van der Waals surface area contributed by atoms with Crippen molar-refractivity contribution in [2.24, 2.45) is 5.10 Å². The number of aryl methyl sites for hydroxylation is 1. The molecule has 0 aromatic heterocycles. The maximum atomic E-state index is 12.2. The van der Waals surface area contributed by atoms with Crippen molar-refractivity contribution in [3.8, 4) is 5.75 Å². The molecule has 0 bridgehead atoms. The molecule has 0 aliphatic rings. The van der Waals surface area contributed by atoms with Gasteiger partial charge in [0.2, 0.25) is 0 Å². The van der Waals surface area contributed by atoms with E-state index in [2.05, 4.69) is 10.5 Å². The molecule has 0 heterocycles. The van der Waals surface area contributed by atoms with Gasteiger partial charge in [-0.05, 0) is 62.7 Å². The lowest BCUT2D eigenvalue weighted by Gasteiger charge is -2.10. The summed E-state index contributed by atoms with van der Waals surface area (Å²) >= 11 is 1.51. The summed E-state index contributed by atoms with van der Waals surface area (Å²) in [6.45, 7) is 5.78. The molecule has 1 atom stereocenters. The predicted octanol–water partition coefficient (Wildman–Crippen LogP) is 4.02. The van der Waals surface area contributed by atoms with Crippen molar-refractivity contribution in [2.45, 2.75) is 30.9 Å². The van der Waals surface area contributed by atoms with Gasteiger partial charge in [-0.2, -0.15) is 5.10 Å². The normalized spacial score (nSPS) is 12.6. The lowest BCUT2D eigenvalue weighted by atomic mass is 10.1. The molecule has 4 nitrogen and oxygen atoms in total. The summed E-state index contributed by atoms with van der Waals surface area (Å²) in [7, 11) is 1.63. The molecular weight excluding hydrogens is 320 g/mol. The van der Waals surface area contributed by atoms with Crippen LogP contribution in [-0.4, -0.2) is 24.0 Å². The number of hydrogen-bond donors (Lipinski definition) is 1. The van der Waals surface area contributed by atoms with Crippen molar-refractivity contribution in [2.75, 3.05) is 7.11 Å².